The molecule has 0 saturated carbocycles. The first-order valence-corrected chi connectivity index (χ1v) is 8.49. The van der Waals surface area contributed by atoms with E-state index in [2.05, 4.69) is 9.71 Å². The lowest BCUT2D eigenvalue weighted by molar-refractivity contribution is 0.0698. The van der Waals surface area contributed by atoms with Gasteiger partial charge in [-0.1, -0.05) is 0 Å². The second kappa shape index (κ2) is 5.78. The van der Waals surface area contributed by atoms with Gasteiger partial charge in [-0.2, -0.15) is 0 Å². The van der Waals surface area contributed by atoms with Crippen molar-refractivity contribution >= 4 is 38.7 Å². The molecule has 0 aliphatic heterocycles. The molecule has 0 saturated heterocycles. The summed E-state index contributed by atoms with van der Waals surface area (Å²) in [7, 11) is -3.79. The van der Waals surface area contributed by atoms with Gasteiger partial charge in [0.1, 0.15) is 9.77 Å². The number of rotatable bonds is 6. The molecule has 0 amide bonds. The van der Waals surface area contributed by atoms with Crippen LogP contribution in [0.3, 0.4) is 0 Å². The highest BCUT2D eigenvalue weighted by atomic mass is 32.2. The molecule has 2 aromatic rings. The number of hydrogen-bond acceptors (Lipinski definition) is 6. The topological polar surface area (TPSA) is 96.4 Å². The van der Waals surface area contributed by atoms with Crippen LogP contribution in [0.1, 0.15) is 15.4 Å². The summed E-state index contributed by atoms with van der Waals surface area (Å²) in [6.07, 6.45) is 0.468. The van der Waals surface area contributed by atoms with Crippen LogP contribution in [0.2, 0.25) is 0 Å². The standard InChI is InChI=1S/C10H10N2O4S3/c13-10(14)9-8(2-4-18-9)19(15,16)12-3-1-7-5-17-6-11-7/h2,4-6,12H,1,3H2,(H,13,14). The summed E-state index contributed by atoms with van der Waals surface area (Å²) in [5.74, 6) is -1.24. The number of carbonyl (C=O) groups is 1. The summed E-state index contributed by atoms with van der Waals surface area (Å²) in [6, 6.07) is 1.29. The fourth-order valence-corrected chi connectivity index (χ4v) is 4.30. The normalized spacial score (nSPS) is 11.6. The highest BCUT2D eigenvalue weighted by Crippen LogP contribution is 2.21. The molecule has 0 radical (unpaired) electrons. The van der Waals surface area contributed by atoms with E-state index < -0.39 is 16.0 Å². The Morgan fingerprint density at radius 1 is 1.47 bits per heavy atom. The largest absolute Gasteiger partial charge is 0.477 e. The molecular weight excluding hydrogens is 308 g/mol. The van der Waals surface area contributed by atoms with Crippen LogP contribution in [0.5, 0.6) is 0 Å². The third kappa shape index (κ3) is 3.38. The van der Waals surface area contributed by atoms with Gasteiger partial charge in [0, 0.05) is 18.3 Å². The quantitative estimate of drug-likeness (QED) is 0.840. The van der Waals surface area contributed by atoms with E-state index in [0.29, 0.717) is 6.42 Å². The Labute approximate surface area is 117 Å². The maximum atomic E-state index is 12.0. The van der Waals surface area contributed by atoms with Crippen molar-refractivity contribution in [1.82, 2.24) is 9.71 Å². The predicted octanol–water partition coefficient (Wildman–Crippen LogP) is 1.42. The Balaban J connectivity index is 2.06. The van der Waals surface area contributed by atoms with E-state index in [0.717, 1.165) is 17.0 Å². The van der Waals surface area contributed by atoms with Crippen molar-refractivity contribution in [1.29, 1.82) is 0 Å². The molecule has 2 aromatic heterocycles. The Morgan fingerprint density at radius 2 is 2.26 bits per heavy atom. The molecule has 2 N–H and O–H groups in total. The average molecular weight is 318 g/mol. The first kappa shape index (κ1) is 14.1. The summed E-state index contributed by atoms with van der Waals surface area (Å²) in [4.78, 5) is 14.6. The summed E-state index contributed by atoms with van der Waals surface area (Å²) in [5.41, 5.74) is 2.47. The molecule has 0 aliphatic rings. The Hall–Kier alpha value is -1.29. The van der Waals surface area contributed by atoms with Gasteiger partial charge in [0.05, 0.1) is 11.2 Å². The minimum absolute atomic E-state index is 0.179. The molecule has 2 rings (SSSR count). The average Bonchev–Trinajstić information content (AvgIpc) is 2.99. The lowest BCUT2D eigenvalue weighted by Crippen LogP contribution is -2.26. The molecule has 0 atom stereocenters. The van der Waals surface area contributed by atoms with E-state index in [1.807, 2.05) is 5.38 Å². The van der Waals surface area contributed by atoms with Gasteiger partial charge in [0.25, 0.3) is 0 Å². The Kier molecular flexibility index (Phi) is 4.30. The highest BCUT2D eigenvalue weighted by molar-refractivity contribution is 7.89. The number of aromatic carboxylic acids is 1. The first-order valence-electron chi connectivity index (χ1n) is 5.18. The van der Waals surface area contributed by atoms with Crippen LogP contribution in [0, 0.1) is 0 Å². The van der Waals surface area contributed by atoms with Crippen molar-refractivity contribution in [2.45, 2.75) is 11.3 Å². The number of thiophene rings is 1. The fraction of sp³-hybridized carbons (Fsp3) is 0.200. The third-order valence-electron chi connectivity index (χ3n) is 2.27. The Bertz CT molecular complexity index is 661. The third-order valence-corrected chi connectivity index (χ3v) is 5.44. The summed E-state index contributed by atoms with van der Waals surface area (Å²) < 4.78 is 26.3. The number of nitrogens with zero attached hydrogens (tertiary/aromatic N) is 1. The van der Waals surface area contributed by atoms with Gasteiger partial charge in [0.2, 0.25) is 10.0 Å². The van der Waals surface area contributed by atoms with E-state index in [1.54, 1.807) is 5.51 Å². The first-order chi connectivity index (χ1) is 9.00. The van der Waals surface area contributed by atoms with E-state index in [1.165, 1.54) is 22.8 Å². The molecule has 0 spiro atoms. The van der Waals surface area contributed by atoms with Gasteiger partial charge >= 0.3 is 5.97 Å². The van der Waals surface area contributed by atoms with Gasteiger partial charge in [-0.3, -0.25) is 0 Å². The second-order valence-corrected chi connectivity index (χ2v) is 6.92. The van der Waals surface area contributed by atoms with E-state index in [9.17, 15) is 13.2 Å². The van der Waals surface area contributed by atoms with Crippen molar-refractivity contribution in [2.24, 2.45) is 0 Å². The minimum Gasteiger partial charge on any atom is -0.477 e. The summed E-state index contributed by atoms with van der Waals surface area (Å²) in [5, 5.41) is 12.2. The van der Waals surface area contributed by atoms with E-state index in [4.69, 9.17) is 5.11 Å². The number of carboxylic acid groups (broad SMARTS) is 1. The van der Waals surface area contributed by atoms with Gasteiger partial charge in [-0.05, 0) is 11.4 Å². The number of carboxylic acids is 1. The smallest absolute Gasteiger partial charge is 0.347 e. The van der Waals surface area contributed by atoms with Crippen molar-refractivity contribution in [3.05, 3.63) is 32.9 Å². The monoisotopic (exact) mass is 318 g/mol. The molecule has 0 unspecified atom stereocenters. The number of hydrogen-bond donors (Lipinski definition) is 2. The number of nitrogens with one attached hydrogen (secondary N) is 1. The molecule has 19 heavy (non-hydrogen) atoms. The number of sulfonamides is 1. The zero-order chi connectivity index (χ0) is 13.9. The van der Waals surface area contributed by atoms with Crippen LogP contribution < -0.4 is 4.72 Å². The number of aromatic nitrogens is 1. The molecule has 6 nitrogen and oxygen atoms in total. The molecule has 0 aliphatic carbocycles. The second-order valence-electron chi connectivity index (χ2n) is 3.55. The fourth-order valence-electron chi connectivity index (χ4n) is 1.42. The van der Waals surface area contributed by atoms with Crippen LogP contribution >= 0.6 is 22.7 Å². The molecule has 0 fully saturated rings. The van der Waals surface area contributed by atoms with Crippen LogP contribution in [-0.4, -0.2) is 31.0 Å². The van der Waals surface area contributed by atoms with Crippen molar-refractivity contribution < 1.29 is 18.3 Å². The van der Waals surface area contributed by atoms with Gasteiger partial charge in [0.15, 0.2) is 0 Å². The zero-order valence-corrected chi connectivity index (χ0v) is 12.0. The zero-order valence-electron chi connectivity index (χ0n) is 9.57. The van der Waals surface area contributed by atoms with Crippen LogP contribution in [0.4, 0.5) is 0 Å². The van der Waals surface area contributed by atoms with Crippen LogP contribution in [0.25, 0.3) is 0 Å². The summed E-state index contributed by atoms with van der Waals surface area (Å²) in [6.45, 7) is 0.182. The van der Waals surface area contributed by atoms with Crippen molar-refractivity contribution in [2.75, 3.05) is 6.54 Å². The number of thiazole rings is 1. The van der Waals surface area contributed by atoms with E-state index in [-0.39, 0.29) is 16.3 Å². The van der Waals surface area contributed by atoms with E-state index >= 15 is 0 Å². The maximum absolute atomic E-state index is 12.0. The SMILES string of the molecule is O=C(O)c1sccc1S(=O)(=O)NCCc1cscn1. The molecule has 0 bridgehead atoms. The van der Waals surface area contributed by atoms with Gasteiger partial charge in [-0.25, -0.2) is 22.9 Å². The molecule has 9 heteroatoms. The van der Waals surface area contributed by atoms with Gasteiger partial charge < -0.3 is 5.11 Å². The van der Waals surface area contributed by atoms with Gasteiger partial charge in [-0.15, -0.1) is 22.7 Å². The highest BCUT2D eigenvalue weighted by Gasteiger charge is 2.23. The maximum Gasteiger partial charge on any atom is 0.347 e. The Morgan fingerprint density at radius 3 is 2.89 bits per heavy atom. The molecular formula is C10H10N2O4S3. The lowest BCUT2D eigenvalue weighted by Gasteiger charge is -2.05. The lowest BCUT2D eigenvalue weighted by atomic mass is 10.3. The van der Waals surface area contributed by atoms with Crippen LogP contribution in [-0.2, 0) is 16.4 Å². The van der Waals surface area contributed by atoms with Crippen molar-refractivity contribution in [3.63, 3.8) is 0 Å². The molecule has 0 aromatic carbocycles. The molecule has 102 valence electrons. The molecule has 2 heterocycles. The summed E-state index contributed by atoms with van der Waals surface area (Å²) >= 11 is 2.32. The van der Waals surface area contributed by atoms with Crippen molar-refractivity contribution in [3.8, 4) is 0 Å². The minimum atomic E-state index is -3.79. The predicted molar refractivity (Wildman–Crippen MR) is 72.3 cm³/mol. The van der Waals surface area contributed by atoms with Crippen LogP contribution in [0.15, 0.2) is 27.2 Å².